The van der Waals surface area contributed by atoms with Crippen molar-refractivity contribution in [3.63, 3.8) is 0 Å². The lowest BCUT2D eigenvalue weighted by atomic mass is 10.1. The second-order valence-electron chi connectivity index (χ2n) is 7.20. The van der Waals surface area contributed by atoms with Gasteiger partial charge in [0.05, 0.1) is 0 Å². The topological polar surface area (TPSA) is 79.4 Å². The lowest BCUT2D eigenvalue weighted by Gasteiger charge is -2.25. The van der Waals surface area contributed by atoms with Crippen molar-refractivity contribution in [3.05, 3.63) is 41.7 Å². The van der Waals surface area contributed by atoms with Gasteiger partial charge in [0.2, 0.25) is 0 Å². The average molecular weight is 404 g/mol. The minimum atomic E-state index is -0.994. The number of carbonyl (C=O) groups excluding carboxylic acids is 1. The van der Waals surface area contributed by atoms with Gasteiger partial charge in [0.15, 0.2) is 5.60 Å². The molecule has 1 amide bonds. The highest BCUT2D eigenvalue weighted by molar-refractivity contribution is 6.30. The van der Waals surface area contributed by atoms with E-state index in [2.05, 4.69) is 25.5 Å². The summed E-state index contributed by atoms with van der Waals surface area (Å²) in [5.74, 6) is 2.10. The van der Waals surface area contributed by atoms with Crippen molar-refractivity contribution in [2.45, 2.75) is 32.3 Å². The molecule has 0 atom stereocenters. The van der Waals surface area contributed by atoms with Crippen LogP contribution in [0, 0.1) is 0 Å². The Kier molecular flexibility index (Phi) is 6.57. The molecule has 28 heavy (non-hydrogen) atoms. The minimum absolute atomic E-state index is 0.190. The zero-order valence-electron chi connectivity index (χ0n) is 16.2. The second-order valence-corrected chi connectivity index (χ2v) is 7.64. The van der Waals surface area contributed by atoms with Crippen LogP contribution in [0.3, 0.4) is 0 Å². The summed E-state index contributed by atoms with van der Waals surface area (Å²) >= 11 is 5.87. The van der Waals surface area contributed by atoms with Crippen molar-refractivity contribution in [2.24, 2.45) is 0 Å². The molecule has 8 heteroatoms. The van der Waals surface area contributed by atoms with Crippen molar-refractivity contribution in [3.8, 4) is 5.75 Å². The van der Waals surface area contributed by atoms with Gasteiger partial charge in [0, 0.05) is 37.3 Å². The van der Waals surface area contributed by atoms with Gasteiger partial charge >= 0.3 is 0 Å². The molecule has 0 bridgehead atoms. The molecule has 2 N–H and O–H groups in total. The maximum Gasteiger partial charge on any atom is 0.263 e. The molecule has 0 spiro atoms. The summed E-state index contributed by atoms with van der Waals surface area (Å²) in [5, 5.41) is 6.73. The number of ether oxygens (including phenoxy) is 1. The van der Waals surface area contributed by atoms with Crippen LogP contribution in [-0.4, -0.2) is 47.7 Å². The Balaban J connectivity index is 1.44. The molecule has 0 saturated carbocycles. The Morgan fingerprint density at radius 2 is 1.89 bits per heavy atom. The quantitative estimate of drug-likeness (QED) is 0.659. The smallest absolute Gasteiger partial charge is 0.263 e. The molecule has 2 heterocycles. The Labute approximate surface area is 170 Å². The molecule has 0 radical (unpaired) electrons. The Morgan fingerprint density at radius 1 is 1.18 bits per heavy atom. The van der Waals surface area contributed by atoms with Crippen LogP contribution in [0.15, 0.2) is 36.7 Å². The molecule has 7 nitrogen and oxygen atoms in total. The number of amides is 1. The van der Waals surface area contributed by atoms with E-state index in [4.69, 9.17) is 16.3 Å². The third kappa shape index (κ3) is 5.48. The fourth-order valence-corrected chi connectivity index (χ4v) is 3.11. The predicted molar refractivity (Wildman–Crippen MR) is 111 cm³/mol. The zero-order valence-corrected chi connectivity index (χ0v) is 17.0. The van der Waals surface area contributed by atoms with E-state index in [-0.39, 0.29) is 5.91 Å². The van der Waals surface area contributed by atoms with E-state index in [1.165, 1.54) is 12.8 Å². The van der Waals surface area contributed by atoms with Crippen molar-refractivity contribution < 1.29 is 9.53 Å². The first-order valence-electron chi connectivity index (χ1n) is 9.48. The van der Waals surface area contributed by atoms with Crippen LogP contribution in [0.4, 0.5) is 11.6 Å². The summed E-state index contributed by atoms with van der Waals surface area (Å²) in [6.07, 6.45) is 3.97. The van der Waals surface area contributed by atoms with Crippen LogP contribution in [0.1, 0.15) is 26.7 Å². The number of hydrogen-bond acceptors (Lipinski definition) is 6. The molecule has 0 aliphatic carbocycles. The number of benzene rings is 1. The SMILES string of the molecule is CC(C)(Oc1ccc(Cl)cc1)C(=O)NCCNc1cc(N2CCCC2)ncn1. The Morgan fingerprint density at radius 3 is 2.61 bits per heavy atom. The van der Waals surface area contributed by atoms with Crippen LogP contribution >= 0.6 is 11.6 Å². The van der Waals surface area contributed by atoms with Gasteiger partial charge < -0.3 is 20.3 Å². The summed E-state index contributed by atoms with van der Waals surface area (Å²) in [5.41, 5.74) is -0.994. The van der Waals surface area contributed by atoms with Crippen molar-refractivity contribution >= 4 is 29.1 Å². The van der Waals surface area contributed by atoms with Gasteiger partial charge in [0.25, 0.3) is 5.91 Å². The lowest BCUT2D eigenvalue weighted by Crippen LogP contribution is -2.47. The Bertz CT molecular complexity index is 791. The van der Waals surface area contributed by atoms with Gasteiger partial charge in [-0.2, -0.15) is 0 Å². The highest BCUT2D eigenvalue weighted by Crippen LogP contribution is 2.21. The molecule has 1 saturated heterocycles. The molecule has 150 valence electrons. The average Bonchev–Trinajstić information content (AvgIpc) is 3.22. The number of nitrogens with one attached hydrogen (secondary N) is 2. The van der Waals surface area contributed by atoms with E-state index in [0.717, 1.165) is 24.7 Å². The molecule has 2 aromatic rings. The number of aromatic nitrogens is 2. The second kappa shape index (κ2) is 9.10. The number of hydrogen-bond donors (Lipinski definition) is 2. The first kappa shape index (κ1) is 20.2. The van der Waals surface area contributed by atoms with Crippen molar-refractivity contribution in [2.75, 3.05) is 36.4 Å². The van der Waals surface area contributed by atoms with E-state index < -0.39 is 5.60 Å². The normalized spacial score (nSPS) is 14.0. The molecule has 1 aromatic carbocycles. The van der Waals surface area contributed by atoms with Crippen molar-refractivity contribution in [1.29, 1.82) is 0 Å². The summed E-state index contributed by atoms with van der Waals surface area (Å²) in [6, 6.07) is 8.89. The third-order valence-corrected chi connectivity index (χ3v) is 4.78. The maximum absolute atomic E-state index is 12.5. The first-order valence-corrected chi connectivity index (χ1v) is 9.85. The third-order valence-electron chi connectivity index (χ3n) is 4.53. The highest BCUT2D eigenvalue weighted by atomic mass is 35.5. The fourth-order valence-electron chi connectivity index (χ4n) is 2.99. The van der Waals surface area contributed by atoms with Crippen LogP contribution in [-0.2, 0) is 4.79 Å². The van der Waals surface area contributed by atoms with Crippen LogP contribution in [0.25, 0.3) is 0 Å². The maximum atomic E-state index is 12.5. The fraction of sp³-hybridized carbons (Fsp3) is 0.450. The molecule has 1 aliphatic rings. The lowest BCUT2D eigenvalue weighted by molar-refractivity contribution is -0.134. The van der Waals surface area contributed by atoms with Gasteiger partial charge in [-0.15, -0.1) is 0 Å². The summed E-state index contributed by atoms with van der Waals surface area (Å²) in [6.45, 7) is 6.55. The van der Waals surface area contributed by atoms with Crippen LogP contribution in [0.2, 0.25) is 5.02 Å². The number of anilines is 2. The number of nitrogens with zero attached hydrogens (tertiary/aromatic N) is 3. The molecular weight excluding hydrogens is 378 g/mol. The van der Waals surface area contributed by atoms with Gasteiger partial charge in [-0.05, 0) is 51.0 Å². The Hall–Kier alpha value is -2.54. The molecule has 1 aromatic heterocycles. The van der Waals surface area contributed by atoms with Crippen LogP contribution < -0.4 is 20.3 Å². The molecule has 1 aliphatic heterocycles. The molecular formula is C20H26ClN5O2. The van der Waals surface area contributed by atoms with E-state index in [1.54, 1.807) is 44.4 Å². The number of halogens is 1. The summed E-state index contributed by atoms with van der Waals surface area (Å²) < 4.78 is 5.79. The monoisotopic (exact) mass is 403 g/mol. The van der Waals surface area contributed by atoms with Gasteiger partial charge in [-0.1, -0.05) is 11.6 Å². The van der Waals surface area contributed by atoms with Gasteiger partial charge in [-0.25, -0.2) is 9.97 Å². The van der Waals surface area contributed by atoms with Gasteiger partial charge in [0.1, 0.15) is 23.7 Å². The molecule has 1 fully saturated rings. The summed E-state index contributed by atoms with van der Waals surface area (Å²) in [7, 11) is 0. The van der Waals surface area contributed by atoms with Gasteiger partial charge in [-0.3, -0.25) is 4.79 Å². The number of carbonyl (C=O) groups is 1. The summed E-state index contributed by atoms with van der Waals surface area (Å²) in [4.78, 5) is 23.3. The number of rotatable bonds is 8. The first-order chi connectivity index (χ1) is 13.4. The minimum Gasteiger partial charge on any atom is -0.478 e. The van der Waals surface area contributed by atoms with E-state index in [1.807, 2.05) is 6.07 Å². The highest BCUT2D eigenvalue weighted by Gasteiger charge is 2.29. The largest absolute Gasteiger partial charge is 0.478 e. The zero-order chi connectivity index (χ0) is 20.0. The van der Waals surface area contributed by atoms with Crippen molar-refractivity contribution in [1.82, 2.24) is 15.3 Å². The molecule has 3 rings (SSSR count). The van der Waals surface area contributed by atoms with E-state index in [9.17, 15) is 4.79 Å². The molecule has 0 unspecified atom stereocenters. The van der Waals surface area contributed by atoms with E-state index >= 15 is 0 Å². The standard InChI is InChI=1S/C20H26ClN5O2/c1-20(2,28-16-7-5-15(21)6-8-16)19(27)23-10-9-22-17-13-18(25-14-24-17)26-11-3-4-12-26/h5-8,13-14H,3-4,9-12H2,1-2H3,(H,23,27)(H,22,24,25). The van der Waals surface area contributed by atoms with E-state index in [0.29, 0.717) is 23.9 Å². The predicted octanol–water partition coefficient (Wildman–Crippen LogP) is 3.12. The van der Waals surface area contributed by atoms with Crippen LogP contribution in [0.5, 0.6) is 5.75 Å².